The highest BCUT2D eigenvalue weighted by Crippen LogP contribution is 2.29. The molecule has 4 rings (SSSR count). The van der Waals surface area contributed by atoms with Gasteiger partial charge in [-0.3, -0.25) is 0 Å². The number of nitrogens with zero attached hydrogens (tertiary/aromatic N) is 2. The lowest BCUT2D eigenvalue weighted by molar-refractivity contribution is 0.412. The summed E-state index contributed by atoms with van der Waals surface area (Å²) in [4.78, 5) is 7.87. The van der Waals surface area contributed by atoms with Gasteiger partial charge in [-0.15, -0.1) is 0 Å². The van der Waals surface area contributed by atoms with Gasteiger partial charge in [0.15, 0.2) is 5.17 Å². The molecule has 0 aromatic heterocycles. The van der Waals surface area contributed by atoms with Crippen LogP contribution in [0, 0.1) is 5.82 Å². The number of hydrogen-bond acceptors (Lipinski definition) is 3. The molecule has 0 amide bonds. The van der Waals surface area contributed by atoms with Gasteiger partial charge in [-0.25, -0.2) is 9.38 Å². The fourth-order valence-electron chi connectivity index (χ4n) is 3.33. The standard InChI is InChI=1S/C27H21Cl2FN2OS/c28-25-13-12-20(15-26(25)29)18-32(17-19-6-4-9-23(33)14-19)27(34-24-10-2-1-3-11-24)31-22-8-5-7-21(30)16-22/h1-16,33H,17-18H2. The van der Waals surface area contributed by atoms with Crippen molar-refractivity contribution in [3.8, 4) is 5.75 Å². The molecule has 0 bridgehead atoms. The minimum Gasteiger partial charge on any atom is -0.508 e. The Kier molecular flexibility index (Phi) is 8.12. The van der Waals surface area contributed by atoms with Crippen LogP contribution in [0.1, 0.15) is 11.1 Å². The van der Waals surface area contributed by atoms with Gasteiger partial charge in [0.05, 0.1) is 15.7 Å². The third kappa shape index (κ3) is 6.76. The molecule has 0 atom stereocenters. The van der Waals surface area contributed by atoms with Gasteiger partial charge in [-0.2, -0.15) is 0 Å². The fourth-order valence-corrected chi connectivity index (χ4v) is 4.57. The van der Waals surface area contributed by atoms with Gasteiger partial charge < -0.3 is 10.0 Å². The Hall–Kier alpha value is -2.99. The summed E-state index contributed by atoms with van der Waals surface area (Å²) in [6, 6.07) is 28.6. The third-order valence-electron chi connectivity index (χ3n) is 4.90. The van der Waals surface area contributed by atoms with Crippen molar-refractivity contribution in [1.29, 1.82) is 0 Å². The molecule has 4 aromatic rings. The van der Waals surface area contributed by atoms with Gasteiger partial charge in [0.25, 0.3) is 0 Å². The molecule has 172 valence electrons. The number of rotatable bonds is 6. The van der Waals surface area contributed by atoms with E-state index in [1.54, 1.807) is 36.4 Å². The SMILES string of the molecule is Oc1cccc(CN(Cc2ccc(Cl)c(Cl)c2)C(=Nc2cccc(F)c2)Sc2ccccc2)c1. The van der Waals surface area contributed by atoms with Crippen molar-refractivity contribution in [1.82, 2.24) is 4.90 Å². The smallest absolute Gasteiger partial charge is 0.169 e. The van der Waals surface area contributed by atoms with Crippen LogP contribution >= 0.6 is 35.0 Å². The van der Waals surface area contributed by atoms with Gasteiger partial charge in [-0.05, 0) is 65.7 Å². The quantitative estimate of drug-likeness (QED) is 0.161. The van der Waals surface area contributed by atoms with Crippen molar-refractivity contribution in [3.05, 3.63) is 124 Å². The lowest BCUT2D eigenvalue weighted by Gasteiger charge is -2.26. The fraction of sp³-hybridized carbons (Fsp3) is 0.0741. The zero-order valence-electron chi connectivity index (χ0n) is 18.0. The zero-order chi connectivity index (χ0) is 23.9. The van der Waals surface area contributed by atoms with E-state index < -0.39 is 0 Å². The monoisotopic (exact) mass is 510 g/mol. The van der Waals surface area contributed by atoms with Crippen molar-refractivity contribution >= 4 is 45.8 Å². The molecule has 0 saturated heterocycles. The molecule has 34 heavy (non-hydrogen) atoms. The normalized spacial score (nSPS) is 11.4. The van der Waals surface area contributed by atoms with E-state index in [1.165, 1.54) is 23.9 Å². The number of phenolic OH excluding ortho intramolecular Hbond substituents is 1. The van der Waals surface area contributed by atoms with Crippen LogP contribution in [0.2, 0.25) is 10.0 Å². The maximum absolute atomic E-state index is 13.9. The molecule has 0 aliphatic carbocycles. The van der Waals surface area contributed by atoms with E-state index in [2.05, 4.69) is 4.90 Å². The lowest BCUT2D eigenvalue weighted by atomic mass is 10.1. The molecule has 0 spiro atoms. The minimum absolute atomic E-state index is 0.186. The summed E-state index contributed by atoms with van der Waals surface area (Å²) in [5.74, 6) is -0.166. The first-order valence-electron chi connectivity index (χ1n) is 10.5. The van der Waals surface area contributed by atoms with Crippen LogP contribution in [-0.4, -0.2) is 15.2 Å². The first-order chi connectivity index (χ1) is 16.5. The molecule has 3 nitrogen and oxygen atoms in total. The number of aliphatic imine (C=N–C) groups is 1. The Morgan fingerprint density at radius 1 is 0.794 bits per heavy atom. The summed E-state index contributed by atoms with van der Waals surface area (Å²) in [5.41, 5.74) is 2.35. The van der Waals surface area contributed by atoms with Crippen LogP contribution in [0.25, 0.3) is 0 Å². The second-order valence-corrected chi connectivity index (χ2v) is 9.42. The van der Waals surface area contributed by atoms with E-state index in [1.807, 2.05) is 48.5 Å². The topological polar surface area (TPSA) is 35.8 Å². The molecule has 4 aromatic carbocycles. The molecule has 0 radical (unpaired) electrons. The molecule has 0 aliphatic rings. The van der Waals surface area contributed by atoms with Crippen molar-refractivity contribution in [3.63, 3.8) is 0 Å². The van der Waals surface area contributed by atoms with E-state index in [0.29, 0.717) is 34.0 Å². The van der Waals surface area contributed by atoms with Crippen LogP contribution in [0.5, 0.6) is 5.75 Å². The Morgan fingerprint density at radius 3 is 2.24 bits per heavy atom. The first kappa shape index (κ1) is 24.1. The van der Waals surface area contributed by atoms with E-state index >= 15 is 0 Å². The van der Waals surface area contributed by atoms with Crippen LogP contribution in [0.15, 0.2) is 107 Å². The summed E-state index contributed by atoms with van der Waals surface area (Å²) in [7, 11) is 0. The van der Waals surface area contributed by atoms with Crippen LogP contribution in [0.4, 0.5) is 10.1 Å². The molecule has 0 saturated carbocycles. The van der Waals surface area contributed by atoms with Gasteiger partial charge in [0.1, 0.15) is 11.6 Å². The average molecular weight is 511 g/mol. The van der Waals surface area contributed by atoms with Gasteiger partial charge in [-0.1, -0.05) is 77.4 Å². The van der Waals surface area contributed by atoms with E-state index in [-0.39, 0.29) is 11.6 Å². The van der Waals surface area contributed by atoms with Crippen LogP contribution in [0.3, 0.4) is 0 Å². The Morgan fingerprint density at radius 2 is 1.53 bits per heavy atom. The largest absolute Gasteiger partial charge is 0.508 e. The number of benzene rings is 4. The molecule has 0 heterocycles. The predicted molar refractivity (Wildman–Crippen MR) is 140 cm³/mol. The van der Waals surface area contributed by atoms with Crippen molar-refractivity contribution < 1.29 is 9.50 Å². The molecule has 0 fully saturated rings. The molecule has 1 N–H and O–H groups in total. The summed E-state index contributed by atoms with van der Waals surface area (Å²) in [6.45, 7) is 0.934. The number of amidine groups is 1. The predicted octanol–water partition coefficient (Wildman–Crippen LogP) is 8.32. The number of thioether (sulfide) groups is 1. The maximum Gasteiger partial charge on any atom is 0.169 e. The summed E-state index contributed by atoms with van der Waals surface area (Å²) < 4.78 is 13.9. The summed E-state index contributed by atoms with van der Waals surface area (Å²) in [5, 5.41) is 11.6. The van der Waals surface area contributed by atoms with E-state index in [0.717, 1.165) is 16.0 Å². The molecule has 0 aliphatic heterocycles. The van der Waals surface area contributed by atoms with E-state index in [9.17, 15) is 9.50 Å². The summed E-state index contributed by atoms with van der Waals surface area (Å²) >= 11 is 13.9. The van der Waals surface area contributed by atoms with Crippen molar-refractivity contribution in [2.24, 2.45) is 4.99 Å². The second kappa shape index (κ2) is 11.4. The van der Waals surface area contributed by atoms with Crippen LogP contribution < -0.4 is 0 Å². The summed E-state index contributed by atoms with van der Waals surface area (Å²) in [6.07, 6.45) is 0. The Balaban J connectivity index is 1.76. The van der Waals surface area contributed by atoms with Gasteiger partial charge in [0.2, 0.25) is 0 Å². The van der Waals surface area contributed by atoms with Gasteiger partial charge in [0, 0.05) is 18.0 Å². The van der Waals surface area contributed by atoms with Gasteiger partial charge >= 0.3 is 0 Å². The Bertz CT molecular complexity index is 1300. The minimum atomic E-state index is -0.352. The second-order valence-electron chi connectivity index (χ2n) is 7.56. The highest BCUT2D eigenvalue weighted by atomic mass is 35.5. The Labute approximate surface area is 212 Å². The van der Waals surface area contributed by atoms with Crippen molar-refractivity contribution in [2.75, 3.05) is 0 Å². The number of phenols is 1. The zero-order valence-corrected chi connectivity index (χ0v) is 20.4. The van der Waals surface area contributed by atoms with E-state index in [4.69, 9.17) is 28.2 Å². The number of hydrogen-bond donors (Lipinski definition) is 1. The third-order valence-corrected chi connectivity index (χ3v) is 6.68. The first-order valence-corrected chi connectivity index (χ1v) is 12.1. The number of aromatic hydroxyl groups is 1. The van der Waals surface area contributed by atoms with Crippen LogP contribution in [-0.2, 0) is 13.1 Å². The average Bonchev–Trinajstić information content (AvgIpc) is 2.81. The molecule has 0 unspecified atom stereocenters. The highest BCUT2D eigenvalue weighted by molar-refractivity contribution is 8.13. The number of halogens is 3. The lowest BCUT2D eigenvalue weighted by Crippen LogP contribution is -2.28. The highest BCUT2D eigenvalue weighted by Gasteiger charge is 2.17. The molecule has 7 heteroatoms. The molecular weight excluding hydrogens is 490 g/mol. The maximum atomic E-state index is 13.9. The molecular formula is C27H21Cl2FN2OS. The van der Waals surface area contributed by atoms with Crippen molar-refractivity contribution in [2.45, 2.75) is 18.0 Å².